The summed E-state index contributed by atoms with van der Waals surface area (Å²) in [5.41, 5.74) is 6.86. The van der Waals surface area contributed by atoms with Gasteiger partial charge in [-0.25, -0.2) is 4.98 Å². The number of hydrogen-bond acceptors (Lipinski definition) is 3. The maximum atomic E-state index is 5.12. The molecule has 2 aliphatic heterocycles. The monoisotopic (exact) mass is 498 g/mol. The van der Waals surface area contributed by atoms with Gasteiger partial charge in [0.15, 0.2) is 0 Å². The van der Waals surface area contributed by atoms with Crippen LogP contribution in [0.3, 0.4) is 0 Å². The number of hydrogen-bond donors (Lipinski definition) is 2. The van der Waals surface area contributed by atoms with Crippen LogP contribution in [-0.4, -0.2) is 29.1 Å². The van der Waals surface area contributed by atoms with Gasteiger partial charge in [0.2, 0.25) is 0 Å². The molecule has 2 aromatic carbocycles. The number of halogens is 1. The third-order valence-corrected chi connectivity index (χ3v) is 7.41. The van der Waals surface area contributed by atoms with E-state index in [1.165, 1.54) is 30.5 Å². The van der Waals surface area contributed by atoms with Gasteiger partial charge in [-0.05, 0) is 31.4 Å². The number of allylic oxidation sites excluding steroid dienone is 2. The van der Waals surface area contributed by atoms with Crippen molar-refractivity contribution in [3.63, 3.8) is 0 Å². The number of piperidine rings is 1. The van der Waals surface area contributed by atoms with Crippen LogP contribution in [0.1, 0.15) is 25.1 Å². The van der Waals surface area contributed by atoms with Crippen molar-refractivity contribution in [1.82, 2.24) is 15.3 Å². The summed E-state index contributed by atoms with van der Waals surface area (Å²) in [5.74, 6) is 1.18. The van der Waals surface area contributed by atoms with E-state index >= 15 is 0 Å². The quantitative estimate of drug-likeness (QED) is 0.430. The lowest BCUT2D eigenvalue weighted by Gasteiger charge is -2.28. The van der Waals surface area contributed by atoms with Crippen LogP contribution in [0.5, 0.6) is 0 Å². The molecule has 2 atom stereocenters. The number of aromatic nitrogens is 2. The highest BCUT2D eigenvalue weighted by atomic mass is 79.9. The Morgan fingerprint density at radius 3 is 2.48 bits per heavy atom. The molecule has 6 rings (SSSR count). The summed E-state index contributed by atoms with van der Waals surface area (Å²) in [4.78, 5) is 11.3. The molecule has 0 spiro atoms. The number of imidazole rings is 1. The molecule has 3 aromatic rings. The second-order valence-electron chi connectivity index (χ2n) is 9.00. The number of anilines is 1. The fraction of sp³-hybridized carbons (Fsp3) is 0.250. The first kappa shape index (κ1) is 20.5. The van der Waals surface area contributed by atoms with Gasteiger partial charge in [-0.2, -0.15) is 0 Å². The van der Waals surface area contributed by atoms with Crippen LogP contribution in [0.2, 0.25) is 0 Å². The third kappa shape index (κ3) is 3.95. The fourth-order valence-corrected chi connectivity index (χ4v) is 5.55. The second kappa shape index (κ2) is 8.71. The Morgan fingerprint density at radius 1 is 0.909 bits per heavy atom. The summed E-state index contributed by atoms with van der Waals surface area (Å²) in [7, 11) is 0. The van der Waals surface area contributed by atoms with Crippen molar-refractivity contribution < 1.29 is 0 Å². The number of nitrogens with zero attached hydrogens (tertiary/aromatic N) is 2. The summed E-state index contributed by atoms with van der Waals surface area (Å²) < 4.78 is 1.11. The van der Waals surface area contributed by atoms with Gasteiger partial charge in [-0.15, -0.1) is 0 Å². The Hall–Kier alpha value is -3.05. The molecule has 1 aromatic heterocycles. The summed E-state index contributed by atoms with van der Waals surface area (Å²) in [6, 6.07) is 19.7. The molecule has 3 aliphatic rings. The van der Waals surface area contributed by atoms with Crippen molar-refractivity contribution in [1.29, 1.82) is 0 Å². The molecule has 5 heteroatoms. The van der Waals surface area contributed by atoms with Gasteiger partial charge in [0, 0.05) is 52.1 Å². The van der Waals surface area contributed by atoms with Crippen LogP contribution in [-0.2, 0) is 0 Å². The van der Waals surface area contributed by atoms with Crippen molar-refractivity contribution in [3.8, 4) is 22.5 Å². The van der Waals surface area contributed by atoms with Crippen molar-refractivity contribution in [2.75, 3.05) is 18.0 Å². The molecule has 1 aliphatic carbocycles. The number of nitrogens with one attached hydrogen (secondary N) is 2. The Labute approximate surface area is 203 Å². The molecule has 2 unspecified atom stereocenters. The van der Waals surface area contributed by atoms with E-state index in [2.05, 4.69) is 110 Å². The highest BCUT2D eigenvalue weighted by molar-refractivity contribution is 9.11. The lowest BCUT2D eigenvalue weighted by Crippen LogP contribution is -2.29. The SMILES string of the molecule is BrC1=CC2C(c3nc(-c4ccccc4)c(-c4ccc(N5CCCCC5)cc4)[nH]3)=CNC2C=C1. The van der Waals surface area contributed by atoms with Crippen LogP contribution < -0.4 is 10.2 Å². The van der Waals surface area contributed by atoms with Crippen LogP contribution in [0.25, 0.3) is 28.1 Å². The number of benzene rings is 2. The van der Waals surface area contributed by atoms with E-state index in [9.17, 15) is 0 Å². The molecule has 0 saturated carbocycles. The van der Waals surface area contributed by atoms with E-state index in [-0.39, 0.29) is 12.0 Å². The lowest BCUT2D eigenvalue weighted by molar-refractivity contribution is 0.578. The van der Waals surface area contributed by atoms with Gasteiger partial charge >= 0.3 is 0 Å². The topological polar surface area (TPSA) is 44.0 Å². The van der Waals surface area contributed by atoms with E-state index in [1.807, 2.05) is 0 Å². The lowest BCUT2D eigenvalue weighted by atomic mass is 9.91. The molecule has 0 radical (unpaired) electrons. The Kier molecular flexibility index (Phi) is 5.43. The minimum atomic E-state index is 0.258. The normalized spacial score (nSPS) is 21.9. The molecular formula is C28H27BrN4. The first-order valence-corrected chi connectivity index (χ1v) is 12.6. The molecule has 0 bridgehead atoms. The largest absolute Gasteiger partial charge is 0.383 e. The smallest absolute Gasteiger partial charge is 0.136 e. The van der Waals surface area contributed by atoms with Crippen molar-refractivity contribution in [2.24, 2.45) is 5.92 Å². The highest BCUT2D eigenvalue weighted by Crippen LogP contribution is 2.39. The molecule has 33 heavy (non-hydrogen) atoms. The van der Waals surface area contributed by atoms with Gasteiger partial charge in [-0.3, -0.25) is 0 Å². The van der Waals surface area contributed by atoms with Crippen molar-refractivity contribution >= 4 is 27.2 Å². The number of fused-ring (bicyclic) bond motifs is 1. The van der Waals surface area contributed by atoms with Crippen LogP contribution in [0.15, 0.2) is 83.5 Å². The molecule has 166 valence electrons. The van der Waals surface area contributed by atoms with Crippen molar-refractivity contribution in [3.05, 3.63) is 89.3 Å². The first-order valence-electron chi connectivity index (χ1n) is 11.8. The standard InChI is InChI=1S/C28H27BrN4/c29-21-11-14-25-23(17-21)24(18-30-25)28-31-26(19-7-3-1-4-8-19)27(32-28)20-9-12-22(13-10-20)33-15-5-2-6-16-33/h1,3-4,7-14,17-18,23,25,30H,2,5-6,15-16H2,(H,31,32). The van der Waals surface area contributed by atoms with E-state index in [4.69, 9.17) is 4.98 Å². The van der Waals surface area contributed by atoms with Crippen LogP contribution in [0.4, 0.5) is 5.69 Å². The molecule has 1 saturated heterocycles. The summed E-state index contributed by atoms with van der Waals surface area (Å²) >= 11 is 3.64. The van der Waals surface area contributed by atoms with E-state index in [1.54, 1.807) is 0 Å². The first-order chi connectivity index (χ1) is 16.3. The number of aromatic amines is 1. The number of H-pyrrole nitrogens is 1. The maximum Gasteiger partial charge on any atom is 0.136 e. The maximum absolute atomic E-state index is 5.12. The van der Waals surface area contributed by atoms with E-state index < -0.39 is 0 Å². The zero-order valence-electron chi connectivity index (χ0n) is 18.5. The molecule has 4 nitrogen and oxygen atoms in total. The minimum absolute atomic E-state index is 0.258. The molecule has 0 amide bonds. The molecule has 3 heterocycles. The summed E-state index contributed by atoms with van der Waals surface area (Å²) in [6.45, 7) is 2.31. The average molecular weight is 499 g/mol. The van der Waals surface area contributed by atoms with E-state index in [0.29, 0.717) is 0 Å². The molecular weight excluding hydrogens is 472 g/mol. The zero-order valence-corrected chi connectivity index (χ0v) is 20.1. The summed E-state index contributed by atoms with van der Waals surface area (Å²) in [6.07, 6.45) is 12.6. The van der Waals surface area contributed by atoms with Gasteiger partial charge in [-0.1, -0.05) is 76.6 Å². The van der Waals surface area contributed by atoms with Gasteiger partial charge in [0.25, 0.3) is 0 Å². The van der Waals surface area contributed by atoms with E-state index in [0.717, 1.165) is 45.9 Å². The summed E-state index contributed by atoms with van der Waals surface area (Å²) in [5, 5.41) is 3.50. The minimum Gasteiger partial charge on any atom is -0.383 e. The van der Waals surface area contributed by atoms with Gasteiger partial charge in [0.1, 0.15) is 5.82 Å². The van der Waals surface area contributed by atoms with Crippen molar-refractivity contribution in [2.45, 2.75) is 25.3 Å². The van der Waals surface area contributed by atoms with Crippen LogP contribution >= 0.6 is 15.9 Å². The predicted octanol–water partition coefficient (Wildman–Crippen LogP) is 6.51. The average Bonchev–Trinajstić information content (AvgIpc) is 3.49. The van der Waals surface area contributed by atoms with Gasteiger partial charge < -0.3 is 15.2 Å². The zero-order chi connectivity index (χ0) is 22.2. The Balaban J connectivity index is 1.39. The fourth-order valence-electron chi connectivity index (χ4n) is 5.11. The predicted molar refractivity (Wildman–Crippen MR) is 140 cm³/mol. The third-order valence-electron chi connectivity index (χ3n) is 6.88. The van der Waals surface area contributed by atoms with Crippen LogP contribution in [0, 0.1) is 5.92 Å². The molecule has 1 fully saturated rings. The Bertz CT molecular complexity index is 1230. The number of rotatable bonds is 4. The highest BCUT2D eigenvalue weighted by Gasteiger charge is 2.31. The second-order valence-corrected chi connectivity index (χ2v) is 9.91. The Morgan fingerprint density at radius 2 is 1.70 bits per heavy atom. The van der Waals surface area contributed by atoms with Gasteiger partial charge in [0.05, 0.1) is 17.4 Å². The molecule has 2 N–H and O–H groups in total.